The fourth-order valence-corrected chi connectivity index (χ4v) is 6.79. The van der Waals surface area contributed by atoms with E-state index >= 15 is 0 Å². The number of benzene rings is 3. The molecule has 3 aromatic carbocycles. The van der Waals surface area contributed by atoms with Crippen LogP contribution in [0.4, 0.5) is 5.69 Å². The zero-order chi connectivity index (χ0) is 30.8. The molecule has 1 aliphatic rings. The molecular formula is C33H41N3O6S. The molecule has 0 aliphatic heterocycles. The molecule has 43 heavy (non-hydrogen) atoms. The van der Waals surface area contributed by atoms with Crippen LogP contribution in [0.3, 0.4) is 0 Å². The molecule has 1 N–H and O–H groups in total. The highest BCUT2D eigenvalue weighted by molar-refractivity contribution is 7.92. The van der Waals surface area contributed by atoms with Gasteiger partial charge in [0, 0.05) is 18.7 Å². The fraction of sp³-hybridized carbons (Fsp3) is 0.394. The highest BCUT2D eigenvalue weighted by atomic mass is 32.2. The molecule has 4 rings (SSSR count). The van der Waals surface area contributed by atoms with Gasteiger partial charge in [0.2, 0.25) is 11.8 Å². The van der Waals surface area contributed by atoms with E-state index in [1.54, 1.807) is 37.3 Å². The third-order valence-corrected chi connectivity index (χ3v) is 9.66. The van der Waals surface area contributed by atoms with Gasteiger partial charge in [0.1, 0.15) is 12.6 Å². The summed E-state index contributed by atoms with van der Waals surface area (Å²) in [4.78, 5) is 29.1. The Labute approximate surface area is 254 Å². The van der Waals surface area contributed by atoms with E-state index in [4.69, 9.17) is 9.47 Å². The Kier molecular flexibility index (Phi) is 11.1. The van der Waals surface area contributed by atoms with Gasteiger partial charge in [-0.1, -0.05) is 67.8 Å². The van der Waals surface area contributed by atoms with Gasteiger partial charge in [-0.3, -0.25) is 13.9 Å². The molecule has 0 heterocycles. The number of sulfonamides is 1. The Morgan fingerprint density at radius 3 is 2.14 bits per heavy atom. The van der Waals surface area contributed by atoms with Crippen LogP contribution < -0.4 is 19.1 Å². The van der Waals surface area contributed by atoms with Crippen molar-refractivity contribution >= 4 is 27.5 Å². The minimum absolute atomic E-state index is 0.0384. The van der Waals surface area contributed by atoms with Crippen molar-refractivity contribution in [1.82, 2.24) is 10.2 Å². The summed E-state index contributed by atoms with van der Waals surface area (Å²) >= 11 is 0. The number of anilines is 1. The summed E-state index contributed by atoms with van der Waals surface area (Å²) in [6, 6.07) is 21.6. The van der Waals surface area contributed by atoms with Crippen molar-refractivity contribution in [2.75, 3.05) is 31.6 Å². The van der Waals surface area contributed by atoms with Crippen molar-refractivity contribution in [2.24, 2.45) is 0 Å². The van der Waals surface area contributed by atoms with E-state index in [9.17, 15) is 18.0 Å². The molecule has 3 aromatic rings. The Hall–Kier alpha value is -4.05. The van der Waals surface area contributed by atoms with Gasteiger partial charge >= 0.3 is 0 Å². The van der Waals surface area contributed by atoms with Gasteiger partial charge in [-0.05, 0) is 56.0 Å². The van der Waals surface area contributed by atoms with E-state index in [1.165, 1.54) is 37.3 Å². The third kappa shape index (κ3) is 8.07. The number of rotatable bonds is 13. The number of carbonyl (C=O) groups is 2. The second-order valence-electron chi connectivity index (χ2n) is 10.7. The van der Waals surface area contributed by atoms with E-state index in [-0.39, 0.29) is 29.1 Å². The third-order valence-electron chi connectivity index (χ3n) is 7.87. The summed E-state index contributed by atoms with van der Waals surface area (Å²) in [6.45, 7) is 1.43. The Morgan fingerprint density at radius 2 is 1.51 bits per heavy atom. The molecule has 1 saturated carbocycles. The van der Waals surface area contributed by atoms with Crippen LogP contribution in [0.15, 0.2) is 83.8 Å². The zero-order valence-electron chi connectivity index (χ0n) is 25.1. The number of methoxy groups -OCH3 is 2. The van der Waals surface area contributed by atoms with Crippen LogP contribution in [0.2, 0.25) is 0 Å². The lowest BCUT2D eigenvalue weighted by Gasteiger charge is -2.33. The first-order valence-electron chi connectivity index (χ1n) is 14.7. The quantitative estimate of drug-likeness (QED) is 0.299. The van der Waals surface area contributed by atoms with Crippen molar-refractivity contribution in [3.8, 4) is 11.5 Å². The molecule has 0 spiro atoms. The summed E-state index contributed by atoms with van der Waals surface area (Å²) in [6.07, 6.45) is 5.62. The predicted molar refractivity (Wildman–Crippen MR) is 167 cm³/mol. The van der Waals surface area contributed by atoms with Gasteiger partial charge in [0.25, 0.3) is 10.0 Å². The number of hydrogen-bond acceptors (Lipinski definition) is 6. The molecule has 0 aromatic heterocycles. The van der Waals surface area contributed by atoms with Gasteiger partial charge in [-0.25, -0.2) is 8.42 Å². The predicted octanol–water partition coefficient (Wildman–Crippen LogP) is 4.81. The summed E-state index contributed by atoms with van der Waals surface area (Å²) in [5.74, 6) is 0.0161. The number of amides is 2. The van der Waals surface area contributed by atoms with Gasteiger partial charge in [0.05, 0.1) is 24.8 Å². The Bertz CT molecular complexity index is 1460. The summed E-state index contributed by atoms with van der Waals surface area (Å²) < 4.78 is 39.8. The van der Waals surface area contributed by atoms with E-state index in [1.807, 2.05) is 30.3 Å². The van der Waals surface area contributed by atoms with Crippen molar-refractivity contribution in [3.05, 3.63) is 84.4 Å². The molecule has 9 nitrogen and oxygen atoms in total. The van der Waals surface area contributed by atoms with Gasteiger partial charge in [-0.2, -0.15) is 0 Å². The topological polar surface area (TPSA) is 105 Å². The van der Waals surface area contributed by atoms with E-state index in [2.05, 4.69) is 5.32 Å². The van der Waals surface area contributed by atoms with Crippen LogP contribution in [0.1, 0.15) is 44.6 Å². The second kappa shape index (κ2) is 14.9. The Balaban J connectivity index is 1.67. The van der Waals surface area contributed by atoms with Crippen LogP contribution in [0.25, 0.3) is 0 Å². The van der Waals surface area contributed by atoms with Crippen molar-refractivity contribution < 1.29 is 27.5 Å². The lowest BCUT2D eigenvalue weighted by molar-refractivity contribution is -0.139. The van der Waals surface area contributed by atoms with Crippen molar-refractivity contribution in [3.63, 3.8) is 0 Å². The summed E-state index contributed by atoms with van der Waals surface area (Å²) in [7, 11) is -1.23. The molecule has 0 unspecified atom stereocenters. The monoisotopic (exact) mass is 607 g/mol. The van der Waals surface area contributed by atoms with Gasteiger partial charge in [-0.15, -0.1) is 0 Å². The molecule has 0 bridgehead atoms. The number of hydrogen-bond donors (Lipinski definition) is 1. The number of carbonyl (C=O) groups excluding carboxylic acids is 2. The normalized spacial score (nSPS) is 14.4. The number of nitrogens with zero attached hydrogens (tertiary/aromatic N) is 2. The molecule has 10 heteroatoms. The maximum atomic E-state index is 14.1. The smallest absolute Gasteiger partial charge is 0.264 e. The molecule has 1 fully saturated rings. The maximum absolute atomic E-state index is 14.1. The second-order valence-corrected chi connectivity index (χ2v) is 12.6. The van der Waals surface area contributed by atoms with E-state index < -0.39 is 28.5 Å². The van der Waals surface area contributed by atoms with Gasteiger partial charge < -0.3 is 19.7 Å². The standard InChI is InChI=1S/C33H41N3O6S/c1-25(33(38)34-27-15-9-5-10-16-27)35(22-21-26-13-7-4-8-14-26)32(37)24-36(43(39,40)29-17-11-6-12-18-29)28-19-20-30(41-2)31(23-28)42-3/h4,6-8,11-14,17-20,23,25,27H,5,9-10,15-16,21-22,24H2,1-3H3,(H,34,38)/t25-/m1/s1. The highest BCUT2D eigenvalue weighted by Gasteiger charge is 2.33. The summed E-state index contributed by atoms with van der Waals surface area (Å²) in [5, 5.41) is 3.13. The average Bonchev–Trinajstić information content (AvgIpc) is 3.04. The van der Waals surface area contributed by atoms with Gasteiger partial charge in [0.15, 0.2) is 11.5 Å². The lowest BCUT2D eigenvalue weighted by Crippen LogP contribution is -2.53. The first-order chi connectivity index (χ1) is 20.7. The molecule has 0 radical (unpaired) electrons. The first-order valence-corrected chi connectivity index (χ1v) is 16.1. The van der Waals surface area contributed by atoms with Crippen LogP contribution in [-0.2, 0) is 26.0 Å². The number of ether oxygens (including phenoxy) is 2. The fourth-order valence-electron chi connectivity index (χ4n) is 5.37. The highest BCUT2D eigenvalue weighted by Crippen LogP contribution is 2.34. The molecule has 1 aliphatic carbocycles. The maximum Gasteiger partial charge on any atom is 0.264 e. The minimum Gasteiger partial charge on any atom is -0.493 e. The van der Waals surface area contributed by atoms with Crippen LogP contribution in [-0.4, -0.2) is 64.5 Å². The van der Waals surface area contributed by atoms with E-state index in [0.717, 1.165) is 42.0 Å². The van der Waals surface area contributed by atoms with Crippen molar-refractivity contribution in [2.45, 2.75) is 62.4 Å². The van der Waals surface area contributed by atoms with Crippen LogP contribution >= 0.6 is 0 Å². The average molecular weight is 608 g/mol. The van der Waals surface area contributed by atoms with E-state index in [0.29, 0.717) is 17.9 Å². The SMILES string of the molecule is COc1ccc(N(CC(=O)N(CCc2ccccc2)[C@H](C)C(=O)NC2CCCCC2)S(=O)(=O)c2ccccc2)cc1OC. The van der Waals surface area contributed by atoms with Crippen LogP contribution in [0, 0.1) is 0 Å². The molecule has 230 valence electrons. The zero-order valence-corrected chi connectivity index (χ0v) is 25.9. The largest absolute Gasteiger partial charge is 0.493 e. The minimum atomic E-state index is -4.17. The number of nitrogens with one attached hydrogen (secondary N) is 1. The molecule has 0 saturated heterocycles. The molecule has 1 atom stereocenters. The molecular weight excluding hydrogens is 566 g/mol. The van der Waals surface area contributed by atoms with Crippen LogP contribution in [0.5, 0.6) is 11.5 Å². The molecule has 2 amide bonds. The lowest BCUT2D eigenvalue weighted by atomic mass is 9.95. The van der Waals surface area contributed by atoms with Crippen molar-refractivity contribution in [1.29, 1.82) is 0 Å². The Morgan fingerprint density at radius 1 is 0.884 bits per heavy atom. The summed E-state index contributed by atoms with van der Waals surface area (Å²) in [5.41, 5.74) is 1.24. The first kappa shape index (κ1) is 31.9.